The van der Waals surface area contributed by atoms with Gasteiger partial charge in [0.2, 0.25) is 0 Å². The zero-order chi connectivity index (χ0) is 13.0. The van der Waals surface area contributed by atoms with Crippen molar-refractivity contribution in [1.82, 2.24) is 0 Å². The van der Waals surface area contributed by atoms with Crippen molar-refractivity contribution in [2.75, 3.05) is 0 Å². The monoisotopic (exact) mass is 234 g/mol. The molecule has 1 N–H and O–H groups in total. The highest BCUT2D eigenvalue weighted by atomic mass is 16.4. The van der Waals surface area contributed by atoms with E-state index >= 15 is 0 Å². The Kier molecular flexibility index (Phi) is 4.44. The van der Waals surface area contributed by atoms with Crippen LogP contribution in [0.25, 0.3) is 0 Å². The van der Waals surface area contributed by atoms with Crippen LogP contribution in [0, 0.1) is 12.8 Å². The van der Waals surface area contributed by atoms with Gasteiger partial charge < -0.3 is 5.11 Å². The molecule has 0 spiro atoms. The summed E-state index contributed by atoms with van der Waals surface area (Å²) in [6, 6.07) is 4.80. The summed E-state index contributed by atoms with van der Waals surface area (Å²) < 4.78 is 0. The third-order valence-electron chi connectivity index (χ3n) is 2.97. The molecule has 0 aromatic heterocycles. The third kappa shape index (κ3) is 3.16. The average Bonchev–Trinajstić information content (AvgIpc) is 2.29. The molecular weight excluding hydrogens is 216 g/mol. The summed E-state index contributed by atoms with van der Waals surface area (Å²) in [7, 11) is 0. The summed E-state index contributed by atoms with van der Waals surface area (Å²) in [5, 5.41) is 8.96. The van der Waals surface area contributed by atoms with Crippen molar-refractivity contribution in [3.63, 3.8) is 0 Å². The van der Waals surface area contributed by atoms with Crippen molar-refractivity contribution in [3.05, 3.63) is 34.9 Å². The van der Waals surface area contributed by atoms with Gasteiger partial charge in [-0.25, -0.2) is 4.79 Å². The number of ketones is 1. The topological polar surface area (TPSA) is 54.4 Å². The Morgan fingerprint density at radius 2 is 1.65 bits per heavy atom. The van der Waals surface area contributed by atoms with Crippen LogP contribution < -0.4 is 0 Å². The first-order valence-electron chi connectivity index (χ1n) is 5.88. The highest BCUT2D eigenvalue weighted by Crippen LogP contribution is 2.18. The fourth-order valence-electron chi connectivity index (χ4n) is 1.94. The summed E-state index contributed by atoms with van der Waals surface area (Å²) in [6.45, 7) is 5.75. The van der Waals surface area contributed by atoms with Crippen molar-refractivity contribution in [2.45, 2.75) is 33.6 Å². The number of carbonyl (C=O) groups is 2. The van der Waals surface area contributed by atoms with Crippen LogP contribution in [0.4, 0.5) is 0 Å². The first-order chi connectivity index (χ1) is 7.99. The molecule has 0 atom stereocenters. The molecule has 0 amide bonds. The van der Waals surface area contributed by atoms with Crippen LogP contribution in [0.15, 0.2) is 18.2 Å². The van der Waals surface area contributed by atoms with Gasteiger partial charge in [0.1, 0.15) is 0 Å². The Labute approximate surface area is 101 Å². The molecule has 1 rings (SSSR count). The summed E-state index contributed by atoms with van der Waals surface area (Å²) in [5.74, 6) is -0.966. The second-order valence-corrected chi connectivity index (χ2v) is 4.27. The van der Waals surface area contributed by atoms with Gasteiger partial charge >= 0.3 is 5.97 Å². The normalized spacial score (nSPS) is 10.6. The quantitative estimate of drug-likeness (QED) is 0.795. The van der Waals surface area contributed by atoms with Crippen LogP contribution in [-0.4, -0.2) is 16.9 Å². The molecule has 0 saturated carbocycles. The number of carboxylic acid groups (broad SMARTS) is 1. The minimum Gasteiger partial charge on any atom is -0.478 e. The second kappa shape index (κ2) is 5.62. The molecule has 17 heavy (non-hydrogen) atoms. The van der Waals surface area contributed by atoms with Gasteiger partial charge in [0.05, 0.1) is 5.56 Å². The van der Waals surface area contributed by atoms with Gasteiger partial charge in [0, 0.05) is 11.5 Å². The molecule has 0 aliphatic heterocycles. The molecule has 0 aliphatic rings. The number of benzene rings is 1. The number of carbonyl (C=O) groups excluding carboxylic acids is 1. The van der Waals surface area contributed by atoms with Gasteiger partial charge in [-0.05, 0) is 43.5 Å². The molecular formula is C14H18O3. The average molecular weight is 234 g/mol. The molecule has 1 aromatic carbocycles. The van der Waals surface area contributed by atoms with Crippen molar-refractivity contribution in [2.24, 2.45) is 5.92 Å². The van der Waals surface area contributed by atoms with E-state index in [4.69, 9.17) is 5.11 Å². The van der Waals surface area contributed by atoms with Crippen molar-refractivity contribution in [3.8, 4) is 0 Å². The van der Waals surface area contributed by atoms with Crippen molar-refractivity contribution < 1.29 is 14.7 Å². The van der Waals surface area contributed by atoms with E-state index in [1.54, 1.807) is 19.1 Å². The summed E-state index contributed by atoms with van der Waals surface area (Å²) in [4.78, 5) is 23.1. The predicted molar refractivity (Wildman–Crippen MR) is 66.5 cm³/mol. The van der Waals surface area contributed by atoms with Crippen LogP contribution >= 0.6 is 0 Å². The first kappa shape index (κ1) is 13.4. The largest absolute Gasteiger partial charge is 0.478 e. The molecule has 0 bridgehead atoms. The van der Waals surface area contributed by atoms with E-state index in [0.29, 0.717) is 5.56 Å². The smallest absolute Gasteiger partial charge is 0.335 e. The lowest BCUT2D eigenvalue weighted by atomic mass is 9.91. The molecule has 1 aromatic rings. The number of hydrogen-bond donors (Lipinski definition) is 1. The number of aromatic carboxylic acids is 1. The van der Waals surface area contributed by atoms with Crippen LogP contribution in [0.1, 0.15) is 53.0 Å². The van der Waals surface area contributed by atoms with Crippen LogP contribution in [-0.2, 0) is 0 Å². The second-order valence-electron chi connectivity index (χ2n) is 4.27. The molecule has 0 aliphatic carbocycles. The number of aryl methyl sites for hydroxylation is 1. The molecule has 92 valence electrons. The molecule has 0 saturated heterocycles. The third-order valence-corrected chi connectivity index (χ3v) is 2.97. The predicted octanol–water partition coefficient (Wildman–Crippen LogP) is 3.31. The lowest BCUT2D eigenvalue weighted by Gasteiger charge is -2.12. The van der Waals surface area contributed by atoms with Gasteiger partial charge in [0.25, 0.3) is 0 Å². The SMILES string of the molecule is CCC(CC)C(=O)c1cc(C)cc(C(=O)O)c1. The Balaban J connectivity index is 3.13. The number of carboxylic acids is 1. The molecule has 3 heteroatoms. The summed E-state index contributed by atoms with van der Waals surface area (Å²) in [6.07, 6.45) is 1.57. The molecule has 0 unspecified atom stereocenters. The Morgan fingerprint density at radius 1 is 1.12 bits per heavy atom. The molecule has 0 heterocycles. The molecule has 3 nitrogen and oxygen atoms in total. The van der Waals surface area contributed by atoms with Crippen molar-refractivity contribution >= 4 is 11.8 Å². The van der Waals surface area contributed by atoms with E-state index in [1.807, 2.05) is 13.8 Å². The van der Waals surface area contributed by atoms with E-state index in [2.05, 4.69) is 0 Å². The summed E-state index contributed by atoms with van der Waals surface area (Å²) in [5.41, 5.74) is 1.50. The number of Topliss-reactive ketones (excluding diaryl/α,β-unsaturated/α-hetero) is 1. The van der Waals surface area contributed by atoms with E-state index in [1.165, 1.54) is 6.07 Å². The van der Waals surface area contributed by atoms with Gasteiger partial charge in [-0.2, -0.15) is 0 Å². The Morgan fingerprint density at radius 3 is 2.12 bits per heavy atom. The van der Waals surface area contributed by atoms with Gasteiger partial charge in [-0.1, -0.05) is 13.8 Å². The number of rotatable bonds is 5. The van der Waals surface area contributed by atoms with E-state index in [0.717, 1.165) is 18.4 Å². The highest BCUT2D eigenvalue weighted by Gasteiger charge is 2.18. The fourth-order valence-corrected chi connectivity index (χ4v) is 1.94. The summed E-state index contributed by atoms with van der Waals surface area (Å²) >= 11 is 0. The minimum atomic E-state index is -0.993. The van der Waals surface area contributed by atoms with Gasteiger partial charge in [0.15, 0.2) is 5.78 Å². The van der Waals surface area contributed by atoms with E-state index in [-0.39, 0.29) is 17.3 Å². The van der Waals surface area contributed by atoms with Crippen LogP contribution in [0.2, 0.25) is 0 Å². The first-order valence-corrected chi connectivity index (χ1v) is 5.88. The number of hydrogen-bond acceptors (Lipinski definition) is 2. The fraction of sp³-hybridized carbons (Fsp3) is 0.429. The zero-order valence-electron chi connectivity index (χ0n) is 10.5. The highest BCUT2D eigenvalue weighted by molar-refractivity contribution is 6.00. The zero-order valence-corrected chi connectivity index (χ0v) is 10.5. The Hall–Kier alpha value is -1.64. The van der Waals surface area contributed by atoms with E-state index in [9.17, 15) is 9.59 Å². The Bertz CT molecular complexity index is 431. The lowest BCUT2D eigenvalue weighted by Crippen LogP contribution is -2.14. The van der Waals surface area contributed by atoms with Crippen LogP contribution in [0.3, 0.4) is 0 Å². The molecule has 0 fully saturated rings. The van der Waals surface area contributed by atoms with Crippen LogP contribution in [0.5, 0.6) is 0 Å². The standard InChI is InChI=1S/C14H18O3/c1-4-10(5-2)13(15)11-6-9(3)7-12(8-11)14(16)17/h6-8,10H,4-5H2,1-3H3,(H,16,17). The minimum absolute atomic E-state index is 0.0153. The van der Waals surface area contributed by atoms with E-state index < -0.39 is 5.97 Å². The maximum absolute atomic E-state index is 12.1. The van der Waals surface area contributed by atoms with Crippen molar-refractivity contribution in [1.29, 1.82) is 0 Å². The maximum Gasteiger partial charge on any atom is 0.335 e. The van der Waals surface area contributed by atoms with Gasteiger partial charge in [-0.3, -0.25) is 4.79 Å². The maximum atomic E-state index is 12.1. The van der Waals surface area contributed by atoms with Gasteiger partial charge in [-0.15, -0.1) is 0 Å². The lowest BCUT2D eigenvalue weighted by molar-refractivity contribution is 0.0696. The molecule has 0 radical (unpaired) electrons.